The van der Waals surface area contributed by atoms with Crippen LogP contribution in [0.15, 0.2) is 54.9 Å². The maximum absolute atomic E-state index is 12.0. The molecular formula is C26H19N7O. The van der Waals surface area contributed by atoms with Crippen molar-refractivity contribution in [2.75, 3.05) is 5.32 Å². The Bertz CT molecular complexity index is 1550. The number of nitriles is 2. The Morgan fingerprint density at radius 3 is 2.85 bits per heavy atom. The van der Waals surface area contributed by atoms with E-state index >= 15 is 0 Å². The molecule has 164 valence electrons. The van der Waals surface area contributed by atoms with Gasteiger partial charge in [0.1, 0.15) is 5.69 Å². The molecule has 2 aromatic heterocycles. The summed E-state index contributed by atoms with van der Waals surface area (Å²) in [6, 6.07) is 18.4. The molecule has 3 heterocycles. The number of aromatic nitrogens is 4. The molecule has 1 fully saturated rings. The molecule has 0 radical (unpaired) electrons. The van der Waals surface area contributed by atoms with Gasteiger partial charge < -0.3 is 5.32 Å². The number of nitrogens with zero attached hydrogens (tertiary/aromatic N) is 6. The lowest BCUT2D eigenvalue weighted by atomic mass is 9.68. The summed E-state index contributed by atoms with van der Waals surface area (Å²) in [7, 11) is 0. The molecule has 1 aliphatic carbocycles. The van der Waals surface area contributed by atoms with Crippen molar-refractivity contribution in [1.82, 2.24) is 20.0 Å². The molecule has 1 saturated carbocycles. The van der Waals surface area contributed by atoms with E-state index in [1.807, 2.05) is 42.5 Å². The van der Waals surface area contributed by atoms with Crippen LogP contribution in [0.4, 0.5) is 5.69 Å². The number of carbonyl (C=O) groups is 1. The first-order chi connectivity index (χ1) is 16.6. The monoisotopic (exact) mass is 445 g/mol. The number of fused-ring (bicyclic) bond motifs is 2. The van der Waals surface area contributed by atoms with Crippen LogP contribution < -0.4 is 5.32 Å². The highest BCUT2D eigenvalue weighted by Gasteiger charge is 2.48. The lowest BCUT2D eigenvalue weighted by Gasteiger charge is -2.42. The largest absolute Gasteiger partial charge is 0.325 e. The van der Waals surface area contributed by atoms with E-state index in [9.17, 15) is 15.3 Å². The zero-order valence-corrected chi connectivity index (χ0v) is 18.2. The standard InChI is InChI=1S/C26H19N7O/c27-7-6-26(12-16(13-26)14-28)33-30-15-23(32-33)21-9-18(10-22-20(21)5-2-8-29-22)19-4-1-3-17-11-24(34)31-25(17)19/h1-5,8-10,15-16H,6,11-13H2,(H,31,34)/t16-,26+. The minimum atomic E-state index is -0.538. The Hall–Kier alpha value is -4.56. The van der Waals surface area contributed by atoms with Gasteiger partial charge in [-0.25, -0.2) is 0 Å². The Balaban J connectivity index is 1.48. The Labute approximate surface area is 195 Å². The molecule has 8 heteroatoms. The fraction of sp³-hybridized carbons (Fsp3) is 0.231. The summed E-state index contributed by atoms with van der Waals surface area (Å²) in [6.07, 6.45) is 5.24. The van der Waals surface area contributed by atoms with Crippen LogP contribution in [-0.2, 0) is 16.8 Å². The summed E-state index contributed by atoms with van der Waals surface area (Å²) in [6.45, 7) is 0. The van der Waals surface area contributed by atoms with Crippen LogP contribution in [0.25, 0.3) is 33.3 Å². The van der Waals surface area contributed by atoms with Gasteiger partial charge in [-0.2, -0.15) is 25.5 Å². The van der Waals surface area contributed by atoms with E-state index in [2.05, 4.69) is 27.5 Å². The van der Waals surface area contributed by atoms with Gasteiger partial charge in [0.25, 0.3) is 0 Å². The van der Waals surface area contributed by atoms with E-state index in [0.717, 1.165) is 38.8 Å². The van der Waals surface area contributed by atoms with Crippen molar-refractivity contribution in [2.24, 2.45) is 5.92 Å². The van der Waals surface area contributed by atoms with Crippen LogP contribution in [0.1, 0.15) is 24.8 Å². The molecule has 2 aromatic carbocycles. The van der Waals surface area contributed by atoms with Crippen LogP contribution in [-0.4, -0.2) is 25.9 Å². The van der Waals surface area contributed by atoms with Crippen LogP contribution in [0.2, 0.25) is 0 Å². The van der Waals surface area contributed by atoms with Crippen LogP contribution in [0, 0.1) is 28.6 Å². The van der Waals surface area contributed by atoms with Gasteiger partial charge in [0.2, 0.25) is 5.91 Å². The number of hydrogen-bond donors (Lipinski definition) is 1. The fourth-order valence-corrected chi connectivity index (χ4v) is 5.13. The van der Waals surface area contributed by atoms with E-state index < -0.39 is 5.54 Å². The molecule has 1 amide bonds. The van der Waals surface area contributed by atoms with Crippen molar-refractivity contribution in [3.63, 3.8) is 0 Å². The van der Waals surface area contributed by atoms with E-state index in [4.69, 9.17) is 5.10 Å². The number of para-hydroxylation sites is 1. The van der Waals surface area contributed by atoms with Gasteiger partial charge in [-0.15, -0.1) is 0 Å². The molecule has 0 saturated heterocycles. The van der Waals surface area contributed by atoms with E-state index in [1.54, 1.807) is 17.2 Å². The lowest BCUT2D eigenvalue weighted by Crippen LogP contribution is -2.47. The van der Waals surface area contributed by atoms with E-state index in [0.29, 0.717) is 25.0 Å². The minimum absolute atomic E-state index is 0.0107. The molecule has 0 atom stereocenters. The van der Waals surface area contributed by atoms with Crippen LogP contribution >= 0.6 is 0 Å². The topological polar surface area (TPSA) is 120 Å². The highest BCUT2D eigenvalue weighted by Crippen LogP contribution is 2.46. The summed E-state index contributed by atoms with van der Waals surface area (Å²) in [4.78, 5) is 18.2. The molecule has 1 aliphatic heterocycles. The predicted molar refractivity (Wildman–Crippen MR) is 125 cm³/mol. The molecule has 2 aliphatic rings. The smallest absolute Gasteiger partial charge is 0.228 e. The maximum Gasteiger partial charge on any atom is 0.228 e. The molecular weight excluding hydrogens is 426 g/mol. The van der Waals surface area contributed by atoms with E-state index in [1.165, 1.54) is 0 Å². The predicted octanol–water partition coefficient (Wildman–Crippen LogP) is 4.20. The number of nitrogens with one attached hydrogen (secondary N) is 1. The van der Waals surface area contributed by atoms with Gasteiger partial charge in [-0.05, 0) is 42.2 Å². The number of benzene rings is 2. The first-order valence-corrected chi connectivity index (χ1v) is 11.1. The second-order valence-electron chi connectivity index (χ2n) is 8.97. The summed E-state index contributed by atoms with van der Waals surface area (Å²) >= 11 is 0. The van der Waals surface area contributed by atoms with Crippen molar-refractivity contribution in [3.8, 4) is 34.5 Å². The highest BCUT2D eigenvalue weighted by atomic mass is 16.1. The molecule has 0 unspecified atom stereocenters. The number of hydrogen-bond acceptors (Lipinski definition) is 6. The third-order valence-electron chi connectivity index (χ3n) is 6.83. The first-order valence-electron chi connectivity index (χ1n) is 11.1. The van der Waals surface area contributed by atoms with Crippen LogP contribution in [0.5, 0.6) is 0 Å². The normalized spacial score (nSPS) is 20.8. The maximum atomic E-state index is 12.0. The number of carbonyl (C=O) groups excluding carboxylic acids is 1. The van der Waals surface area contributed by atoms with Gasteiger partial charge >= 0.3 is 0 Å². The van der Waals surface area contributed by atoms with Crippen molar-refractivity contribution < 1.29 is 4.79 Å². The SMILES string of the molecule is N#CC[C@]1(n2ncc(-c3cc(-c4cccc5c4NC(=O)C5)cc4ncccc34)n2)C[C@@H](C#N)C1. The quantitative estimate of drug-likeness (QED) is 0.503. The number of rotatable bonds is 4. The van der Waals surface area contributed by atoms with Gasteiger partial charge in [0, 0.05) is 22.7 Å². The molecule has 8 nitrogen and oxygen atoms in total. The third kappa shape index (κ3) is 3.04. The molecule has 6 rings (SSSR count). The molecule has 34 heavy (non-hydrogen) atoms. The summed E-state index contributed by atoms with van der Waals surface area (Å²) in [5.41, 5.74) is 5.49. The lowest BCUT2D eigenvalue weighted by molar-refractivity contribution is -0.115. The Morgan fingerprint density at radius 2 is 2.03 bits per heavy atom. The zero-order valence-electron chi connectivity index (χ0n) is 18.2. The van der Waals surface area contributed by atoms with Gasteiger partial charge in [0.05, 0.1) is 53.8 Å². The Morgan fingerprint density at radius 1 is 1.15 bits per heavy atom. The second-order valence-corrected chi connectivity index (χ2v) is 8.97. The van der Waals surface area contributed by atoms with Crippen molar-refractivity contribution in [2.45, 2.75) is 31.2 Å². The van der Waals surface area contributed by atoms with Crippen molar-refractivity contribution >= 4 is 22.5 Å². The zero-order chi connectivity index (χ0) is 23.3. The van der Waals surface area contributed by atoms with Crippen molar-refractivity contribution in [3.05, 3.63) is 60.4 Å². The van der Waals surface area contributed by atoms with Gasteiger partial charge in [-0.3, -0.25) is 9.78 Å². The van der Waals surface area contributed by atoms with E-state index in [-0.39, 0.29) is 18.2 Å². The molecule has 0 spiro atoms. The average Bonchev–Trinajstić information content (AvgIpc) is 3.46. The third-order valence-corrected chi connectivity index (χ3v) is 6.83. The summed E-state index contributed by atoms with van der Waals surface area (Å²) in [5.74, 6) is -0.0879. The second kappa shape index (κ2) is 7.50. The van der Waals surface area contributed by atoms with Crippen molar-refractivity contribution in [1.29, 1.82) is 10.5 Å². The fourth-order valence-electron chi connectivity index (χ4n) is 5.13. The Kier molecular flexibility index (Phi) is 4.43. The summed E-state index contributed by atoms with van der Waals surface area (Å²) < 4.78 is 0. The molecule has 4 aromatic rings. The highest BCUT2D eigenvalue weighted by molar-refractivity contribution is 6.05. The molecule has 1 N–H and O–H groups in total. The first kappa shape index (κ1) is 20.1. The number of amides is 1. The molecule has 0 bridgehead atoms. The number of pyridine rings is 1. The van der Waals surface area contributed by atoms with Gasteiger partial charge in [0.15, 0.2) is 0 Å². The van der Waals surface area contributed by atoms with Gasteiger partial charge in [-0.1, -0.05) is 24.3 Å². The summed E-state index contributed by atoms with van der Waals surface area (Å²) in [5, 5.41) is 31.8. The number of anilines is 1. The average molecular weight is 445 g/mol. The van der Waals surface area contributed by atoms with Crippen LogP contribution in [0.3, 0.4) is 0 Å². The minimum Gasteiger partial charge on any atom is -0.325 e.